The lowest BCUT2D eigenvalue weighted by atomic mass is 10.2. The van der Waals surface area contributed by atoms with E-state index in [1.54, 1.807) is 24.3 Å². The van der Waals surface area contributed by atoms with Gasteiger partial charge in [-0.2, -0.15) is 0 Å². The van der Waals surface area contributed by atoms with Gasteiger partial charge in [-0.15, -0.1) is 0 Å². The first kappa shape index (κ1) is 11.8. The zero-order valence-electron chi connectivity index (χ0n) is 9.32. The topological polar surface area (TPSA) is 38.7 Å². The molecule has 3 nitrogen and oxygen atoms in total. The minimum atomic E-state index is -0.414. The van der Waals surface area contributed by atoms with E-state index in [1.165, 1.54) is 0 Å². The van der Waals surface area contributed by atoms with Crippen molar-refractivity contribution in [2.24, 2.45) is 10.9 Å². The zero-order chi connectivity index (χ0) is 12.7. The van der Waals surface area contributed by atoms with Crippen LogP contribution >= 0.6 is 23.2 Å². The van der Waals surface area contributed by atoms with Crippen LogP contribution in [0.25, 0.3) is 6.08 Å². The van der Waals surface area contributed by atoms with Crippen molar-refractivity contribution in [1.29, 1.82) is 0 Å². The van der Waals surface area contributed by atoms with Gasteiger partial charge in [0.15, 0.2) is 5.70 Å². The van der Waals surface area contributed by atoms with E-state index in [1.807, 2.05) is 0 Å². The van der Waals surface area contributed by atoms with Crippen LogP contribution in [0, 0.1) is 5.92 Å². The lowest BCUT2D eigenvalue weighted by molar-refractivity contribution is -0.130. The van der Waals surface area contributed by atoms with Gasteiger partial charge in [0.25, 0.3) is 0 Å². The number of ether oxygens (including phenoxy) is 1. The molecule has 5 heteroatoms. The highest BCUT2D eigenvalue weighted by molar-refractivity contribution is 6.35. The Labute approximate surface area is 114 Å². The van der Waals surface area contributed by atoms with E-state index in [9.17, 15) is 4.79 Å². The van der Waals surface area contributed by atoms with Crippen molar-refractivity contribution in [2.75, 3.05) is 0 Å². The minimum absolute atomic E-state index is 0.293. The van der Waals surface area contributed by atoms with E-state index >= 15 is 0 Å². The second kappa shape index (κ2) is 4.41. The predicted molar refractivity (Wildman–Crippen MR) is 70.7 cm³/mol. The van der Waals surface area contributed by atoms with Crippen LogP contribution in [0.1, 0.15) is 18.4 Å². The molecule has 1 heterocycles. The van der Waals surface area contributed by atoms with Crippen LogP contribution in [0.4, 0.5) is 0 Å². The molecule has 1 aliphatic carbocycles. The Morgan fingerprint density at radius 2 is 2.11 bits per heavy atom. The molecule has 1 aromatic carbocycles. The van der Waals surface area contributed by atoms with Crippen LogP contribution in [-0.4, -0.2) is 11.9 Å². The molecule has 1 saturated carbocycles. The van der Waals surface area contributed by atoms with E-state index in [0.29, 0.717) is 33.1 Å². The fourth-order valence-corrected chi connectivity index (χ4v) is 2.16. The van der Waals surface area contributed by atoms with E-state index in [0.717, 1.165) is 12.8 Å². The third-order valence-electron chi connectivity index (χ3n) is 2.82. The van der Waals surface area contributed by atoms with Gasteiger partial charge in [0, 0.05) is 16.0 Å². The standard InChI is InChI=1S/C13H9Cl2NO2/c14-9-4-3-8(10(15)6-9)5-11-13(17)18-12(16-11)7-1-2-7/h3-7H,1-2H2/b11-5-. The van der Waals surface area contributed by atoms with Crippen LogP contribution in [0.5, 0.6) is 0 Å². The number of carbonyl (C=O) groups excluding carboxylic acids is 1. The molecule has 1 aliphatic heterocycles. The molecule has 0 aromatic heterocycles. The predicted octanol–water partition coefficient (Wildman–Crippen LogP) is 3.70. The lowest BCUT2D eigenvalue weighted by Gasteiger charge is -1.98. The highest BCUT2D eigenvalue weighted by Crippen LogP contribution is 2.34. The van der Waals surface area contributed by atoms with Gasteiger partial charge in [-0.05, 0) is 36.6 Å². The molecule has 0 saturated heterocycles. The summed E-state index contributed by atoms with van der Waals surface area (Å²) in [5.41, 5.74) is 0.995. The maximum absolute atomic E-state index is 11.6. The quantitative estimate of drug-likeness (QED) is 0.612. The summed E-state index contributed by atoms with van der Waals surface area (Å²) in [6.45, 7) is 0. The number of benzene rings is 1. The number of aliphatic imine (C=N–C) groups is 1. The first-order valence-corrected chi connectivity index (χ1v) is 6.36. The summed E-state index contributed by atoms with van der Waals surface area (Å²) < 4.78 is 5.11. The molecular formula is C13H9Cl2NO2. The third-order valence-corrected chi connectivity index (χ3v) is 3.38. The number of rotatable bonds is 2. The fraction of sp³-hybridized carbons (Fsp3) is 0.231. The van der Waals surface area contributed by atoms with Crippen molar-refractivity contribution in [3.8, 4) is 0 Å². The second-order valence-corrected chi connectivity index (χ2v) is 5.15. The second-order valence-electron chi connectivity index (χ2n) is 4.31. The Hall–Kier alpha value is -1.32. The number of carbonyl (C=O) groups is 1. The molecule has 92 valence electrons. The van der Waals surface area contributed by atoms with Crippen molar-refractivity contribution in [3.63, 3.8) is 0 Å². The Morgan fingerprint density at radius 3 is 2.78 bits per heavy atom. The van der Waals surface area contributed by atoms with Gasteiger partial charge in [-0.1, -0.05) is 29.3 Å². The third kappa shape index (κ3) is 2.28. The number of cyclic esters (lactones) is 1. The highest BCUT2D eigenvalue weighted by Gasteiger charge is 2.35. The monoisotopic (exact) mass is 281 g/mol. The highest BCUT2D eigenvalue weighted by atomic mass is 35.5. The largest absolute Gasteiger partial charge is 0.406 e. The normalized spacial score (nSPS) is 21.1. The van der Waals surface area contributed by atoms with Crippen molar-refractivity contribution in [3.05, 3.63) is 39.5 Å². The first-order chi connectivity index (χ1) is 8.63. The summed E-state index contributed by atoms with van der Waals surface area (Å²) in [5.74, 6) is 0.444. The summed E-state index contributed by atoms with van der Waals surface area (Å²) in [6.07, 6.45) is 3.71. The summed E-state index contributed by atoms with van der Waals surface area (Å²) in [7, 11) is 0. The number of halogens is 2. The molecule has 2 aliphatic rings. The summed E-state index contributed by atoms with van der Waals surface area (Å²) in [4.78, 5) is 15.8. The summed E-state index contributed by atoms with van der Waals surface area (Å²) in [5, 5.41) is 1.04. The molecule has 0 unspecified atom stereocenters. The zero-order valence-corrected chi connectivity index (χ0v) is 10.8. The van der Waals surface area contributed by atoms with Gasteiger partial charge in [-0.25, -0.2) is 9.79 Å². The van der Waals surface area contributed by atoms with E-state index in [-0.39, 0.29) is 0 Å². The molecule has 18 heavy (non-hydrogen) atoms. The van der Waals surface area contributed by atoms with Crippen molar-refractivity contribution in [1.82, 2.24) is 0 Å². The van der Waals surface area contributed by atoms with Crippen LogP contribution < -0.4 is 0 Å². The molecule has 1 aromatic rings. The maximum Gasteiger partial charge on any atom is 0.363 e. The average molecular weight is 282 g/mol. The Balaban J connectivity index is 1.93. The number of hydrogen-bond donors (Lipinski definition) is 0. The molecule has 0 bridgehead atoms. The van der Waals surface area contributed by atoms with Crippen LogP contribution in [0.2, 0.25) is 10.0 Å². The van der Waals surface area contributed by atoms with Gasteiger partial charge in [0.1, 0.15) is 0 Å². The van der Waals surface area contributed by atoms with E-state index < -0.39 is 5.97 Å². The van der Waals surface area contributed by atoms with Gasteiger partial charge in [-0.3, -0.25) is 0 Å². The van der Waals surface area contributed by atoms with Crippen LogP contribution in [-0.2, 0) is 9.53 Å². The summed E-state index contributed by atoms with van der Waals surface area (Å²) in [6, 6.07) is 5.09. The first-order valence-electron chi connectivity index (χ1n) is 5.61. The lowest BCUT2D eigenvalue weighted by Crippen LogP contribution is -2.05. The molecule has 0 radical (unpaired) electrons. The Bertz CT molecular complexity index is 589. The molecule has 0 spiro atoms. The van der Waals surface area contributed by atoms with Crippen molar-refractivity contribution in [2.45, 2.75) is 12.8 Å². The average Bonchev–Trinajstić information content (AvgIpc) is 3.09. The number of nitrogens with zero attached hydrogens (tertiary/aromatic N) is 1. The molecule has 0 atom stereocenters. The maximum atomic E-state index is 11.6. The molecular weight excluding hydrogens is 273 g/mol. The number of esters is 1. The SMILES string of the molecule is O=C1OC(C2CC2)=N/C1=C\c1ccc(Cl)cc1Cl. The molecule has 0 amide bonds. The molecule has 1 fully saturated rings. The van der Waals surface area contributed by atoms with Gasteiger partial charge in [0.2, 0.25) is 5.90 Å². The smallest absolute Gasteiger partial charge is 0.363 e. The van der Waals surface area contributed by atoms with Gasteiger partial charge < -0.3 is 4.74 Å². The van der Waals surface area contributed by atoms with Gasteiger partial charge >= 0.3 is 5.97 Å². The van der Waals surface area contributed by atoms with Crippen molar-refractivity contribution < 1.29 is 9.53 Å². The molecule has 0 N–H and O–H groups in total. The fourth-order valence-electron chi connectivity index (χ4n) is 1.70. The van der Waals surface area contributed by atoms with Gasteiger partial charge in [0.05, 0.1) is 0 Å². The Morgan fingerprint density at radius 1 is 1.33 bits per heavy atom. The molecule has 3 rings (SSSR count). The minimum Gasteiger partial charge on any atom is -0.406 e. The number of hydrogen-bond acceptors (Lipinski definition) is 3. The van der Waals surface area contributed by atoms with Crippen molar-refractivity contribution >= 4 is 41.1 Å². The van der Waals surface area contributed by atoms with E-state index in [2.05, 4.69) is 4.99 Å². The summed E-state index contributed by atoms with van der Waals surface area (Å²) >= 11 is 11.8. The Kier molecular flexibility index (Phi) is 2.88. The van der Waals surface area contributed by atoms with Crippen LogP contribution in [0.3, 0.4) is 0 Å². The van der Waals surface area contributed by atoms with Crippen LogP contribution in [0.15, 0.2) is 28.9 Å². The van der Waals surface area contributed by atoms with E-state index in [4.69, 9.17) is 27.9 Å².